The Kier molecular flexibility index (Phi) is 6.52. The Morgan fingerprint density at radius 2 is 1.33 bits per heavy atom. The lowest BCUT2D eigenvalue weighted by Crippen LogP contribution is -2.47. The van der Waals surface area contributed by atoms with E-state index >= 15 is 0 Å². The van der Waals surface area contributed by atoms with E-state index in [1.165, 1.54) is 0 Å². The van der Waals surface area contributed by atoms with Gasteiger partial charge in [0.15, 0.2) is 0 Å². The second-order valence-corrected chi connectivity index (χ2v) is 8.93. The van der Waals surface area contributed by atoms with Crippen LogP contribution in [-0.4, -0.2) is 29.3 Å². The van der Waals surface area contributed by atoms with Gasteiger partial charge >= 0.3 is 0 Å². The Balaban J connectivity index is 5.24. The van der Waals surface area contributed by atoms with Crippen LogP contribution in [0, 0.1) is 5.92 Å². The highest BCUT2D eigenvalue weighted by molar-refractivity contribution is 7.65. The van der Waals surface area contributed by atoms with E-state index in [-0.39, 0.29) is 17.5 Å². The maximum atomic E-state index is 12.8. The molecule has 0 atom stereocenters. The van der Waals surface area contributed by atoms with Gasteiger partial charge in [-0.05, 0) is 0 Å². The van der Waals surface area contributed by atoms with Crippen molar-refractivity contribution in [3.05, 3.63) is 0 Å². The van der Waals surface area contributed by atoms with E-state index in [0.29, 0.717) is 0 Å². The van der Waals surface area contributed by atoms with Crippen molar-refractivity contribution in [2.75, 3.05) is 6.16 Å². The quantitative estimate of drug-likeness (QED) is 0.175. The third-order valence-electron chi connectivity index (χ3n) is 3.13. The van der Waals surface area contributed by atoms with Gasteiger partial charge in [-0.1, -0.05) is 27.7 Å². The summed E-state index contributed by atoms with van der Waals surface area (Å²) in [7, 11) is -2.69. The van der Waals surface area contributed by atoms with Crippen molar-refractivity contribution >= 4 is 19.0 Å². The molecule has 0 bridgehead atoms. The molecule has 0 saturated heterocycles. The summed E-state index contributed by atoms with van der Waals surface area (Å²) < 4.78 is 12.8. The van der Waals surface area contributed by atoms with Crippen molar-refractivity contribution in [1.82, 2.24) is 10.9 Å². The minimum absolute atomic E-state index is 0.0333. The fourth-order valence-corrected chi connectivity index (χ4v) is 4.73. The van der Waals surface area contributed by atoms with Crippen LogP contribution in [0.5, 0.6) is 0 Å². The number of nitrogens with one attached hydrogen (secondary N) is 2. The van der Waals surface area contributed by atoms with Gasteiger partial charge in [-0.15, -0.1) is 0 Å². The van der Waals surface area contributed by atoms with Crippen molar-refractivity contribution < 1.29 is 14.2 Å². The van der Waals surface area contributed by atoms with E-state index in [1.54, 1.807) is 0 Å². The summed E-state index contributed by atoms with van der Waals surface area (Å²) in [5.41, 5.74) is 3.58. The Bertz CT molecular complexity index is 329. The first-order valence-electron chi connectivity index (χ1n) is 5.80. The van der Waals surface area contributed by atoms with E-state index in [9.17, 15) is 14.2 Å². The molecule has 0 heterocycles. The zero-order valence-corrected chi connectivity index (χ0v) is 12.2. The first kappa shape index (κ1) is 17.1. The summed E-state index contributed by atoms with van der Waals surface area (Å²) in [6.07, 6.45) is -0.0333. The van der Waals surface area contributed by atoms with Gasteiger partial charge in [0.1, 0.15) is 5.92 Å². The van der Waals surface area contributed by atoms with E-state index in [4.69, 9.17) is 11.7 Å². The van der Waals surface area contributed by atoms with Crippen LogP contribution in [0.25, 0.3) is 0 Å². The van der Waals surface area contributed by atoms with Gasteiger partial charge in [0, 0.05) is 17.5 Å². The predicted molar refractivity (Wildman–Crippen MR) is 70.9 cm³/mol. The highest BCUT2D eigenvalue weighted by Gasteiger charge is 2.38. The lowest BCUT2D eigenvalue weighted by molar-refractivity contribution is -0.134. The topological polar surface area (TPSA) is 127 Å². The molecule has 2 amide bonds. The zero-order valence-electron chi connectivity index (χ0n) is 11.3. The Morgan fingerprint density at radius 3 is 1.56 bits per heavy atom. The normalized spacial score (nSPS) is 12.1. The first-order valence-corrected chi connectivity index (χ1v) is 7.83. The largest absolute Gasteiger partial charge is 0.323 e. The fourth-order valence-electron chi connectivity index (χ4n) is 1.79. The molecule has 0 aliphatic rings. The van der Waals surface area contributed by atoms with E-state index in [0.717, 1.165) is 0 Å². The number of hydrazine groups is 2. The molecular weight excluding hydrogens is 255 g/mol. The van der Waals surface area contributed by atoms with Gasteiger partial charge in [-0.3, -0.25) is 20.4 Å². The van der Waals surface area contributed by atoms with Gasteiger partial charge in [0.2, 0.25) is 11.8 Å². The zero-order chi connectivity index (χ0) is 14.5. The molecule has 0 radical (unpaired) electrons. The van der Waals surface area contributed by atoms with Crippen LogP contribution >= 0.6 is 7.14 Å². The molecule has 0 spiro atoms. The summed E-state index contributed by atoms with van der Waals surface area (Å²) in [5.74, 6) is 7.56. The number of amides is 2. The molecule has 0 fully saturated rings. The van der Waals surface area contributed by atoms with Crippen molar-refractivity contribution in [1.29, 1.82) is 0 Å². The lowest BCUT2D eigenvalue weighted by Gasteiger charge is -2.28. The summed E-state index contributed by atoms with van der Waals surface area (Å²) in [6, 6.07) is 0. The minimum Gasteiger partial charge on any atom is -0.323 e. The number of hydrogen-bond donors (Lipinski definition) is 4. The molecule has 0 aliphatic heterocycles. The van der Waals surface area contributed by atoms with Crippen molar-refractivity contribution in [2.24, 2.45) is 17.6 Å². The molecule has 0 rings (SSSR count). The van der Waals surface area contributed by atoms with Crippen molar-refractivity contribution in [3.8, 4) is 0 Å². The van der Waals surface area contributed by atoms with E-state index in [1.807, 2.05) is 38.5 Å². The van der Waals surface area contributed by atoms with E-state index in [2.05, 4.69) is 0 Å². The molecule has 0 aromatic carbocycles. The Hall–Kier alpha value is -0.910. The van der Waals surface area contributed by atoms with Crippen LogP contribution in [0.4, 0.5) is 0 Å². The SMILES string of the molecule is CC(C)P(=O)(CC(C(=O)NN)C(=O)NN)C(C)C. The predicted octanol–water partition coefficient (Wildman–Crippen LogP) is -0.238. The van der Waals surface area contributed by atoms with Crippen LogP contribution in [0.15, 0.2) is 0 Å². The summed E-state index contributed by atoms with van der Waals surface area (Å²) in [5, 5.41) is 0. The Labute approximate surface area is 107 Å². The number of hydrogen-bond acceptors (Lipinski definition) is 5. The minimum atomic E-state index is -2.69. The number of carbonyl (C=O) groups excluding carboxylic acids is 2. The summed E-state index contributed by atoms with van der Waals surface area (Å²) in [6.45, 7) is 7.27. The van der Waals surface area contributed by atoms with Crippen LogP contribution in [0.2, 0.25) is 0 Å². The van der Waals surface area contributed by atoms with Gasteiger partial charge in [0.05, 0.1) is 7.14 Å². The highest BCUT2D eigenvalue weighted by atomic mass is 31.2. The standard InChI is InChI=1S/C10H23N4O3P/c1-6(2)18(17,7(3)4)5-8(9(15)13-11)10(16)14-12/h6-8H,5,11-12H2,1-4H3,(H,13,15)(H,14,16). The van der Waals surface area contributed by atoms with Crippen molar-refractivity contribution in [3.63, 3.8) is 0 Å². The highest BCUT2D eigenvalue weighted by Crippen LogP contribution is 2.56. The van der Waals surface area contributed by atoms with Crippen molar-refractivity contribution in [2.45, 2.75) is 39.0 Å². The van der Waals surface area contributed by atoms with Crippen LogP contribution in [0.3, 0.4) is 0 Å². The molecule has 106 valence electrons. The van der Waals surface area contributed by atoms with E-state index < -0.39 is 24.9 Å². The maximum Gasteiger partial charge on any atom is 0.246 e. The smallest absolute Gasteiger partial charge is 0.246 e. The first-order chi connectivity index (χ1) is 8.20. The molecule has 7 nitrogen and oxygen atoms in total. The average Bonchev–Trinajstić information content (AvgIpc) is 2.33. The van der Waals surface area contributed by atoms with Gasteiger partial charge in [-0.25, -0.2) is 11.7 Å². The number of rotatable bonds is 6. The van der Waals surface area contributed by atoms with Gasteiger partial charge < -0.3 is 4.57 Å². The molecule has 6 N–H and O–H groups in total. The van der Waals surface area contributed by atoms with Crippen LogP contribution in [0.1, 0.15) is 27.7 Å². The fraction of sp³-hybridized carbons (Fsp3) is 0.800. The number of nitrogens with two attached hydrogens (primary N) is 2. The maximum absolute atomic E-state index is 12.8. The average molecular weight is 278 g/mol. The molecule has 0 saturated carbocycles. The lowest BCUT2D eigenvalue weighted by atomic mass is 10.1. The van der Waals surface area contributed by atoms with Crippen LogP contribution in [-0.2, 0) is 14.2 Å². The molecule has 0 unspecified atom stereocenters. The summed E-state index contributed by atoms with van der Waals surface area (Å²) in [4.78, 5) is 23.1. The second-order valence-electron chi connectivity index (χ2n) is 4.79. The summed E-state index contributed by atoms with van der Waals surface area (Å²) >= 11 is 0. The van der Waals surface area contributed by atoms with Gasteiger partial charge in [0.25, 0.3) is 0 Å². The monoisotopic (exact) mass is 278 g/mol. The molecule has 0 aromatic rings. The molecule has 0 aromatic heterocycles. The molecule has 8 heteroatoms. The third-order valence-corrected chi connectivity index (χ3v) is 7.57. The number of carbonyl (C=O) groups is 2. The molecule has 18 heavy (non-hydrogen) atoms. The Morgan fingerprint density at radius 1 is 1.00 bits per heavy atom. The van der Waals surface area contributed by atoms with Crippen LogP contribution < -0.4 is 22.5 Å². The van der Waals surface area contributed by atoms with Gasteiger partial charge in [-0.2, -0.15) is 0 Å². The molecule has 0 aliphatic carbocycles. The molecular formula is C10H23N4O3P. The third kappa shape index (κ3) is 3.80. The second kappa shape index (κ2) is 6.87.